The van der Waals surface area contributed by atoms with Crippen LogP contribution in [0.15, 0.2) is 28.9 Å². The zero-order valence-electron chi connectivity index (χ0n) is 7.19. The van der Waals surface area contributed by atoms with Crippen molar-refractivity contribution in [1.29, 1.82) is 0 Å². The van der Waals surface area contributed by atoms with E-state index in [9.17, 15) is 0 Å². The highest BCUT2D eigenvalue weighted by Gasteiger charge is 2.03. The van der Waals surface area contributed by atoms with Crippen molar-refractivity contribution in [2.45, 2.75) is 6.92 Å². The van der Waals surface area contributed by atoms with E-state index in [1.807, 2.05) is 19.1 Å². The van der Waals surface area contributed by atoms with E-state index in [1.54, 1.807) is 12.3 Å². The van der Waals surface area contributed by atoms with Crippen molar-refractivity contribution in [2.24, 2.45) is 0 Å². The van der Waals surface area contributed by atoms with Gasteiger partial charge in [0.15, 0.2) is 11.6 Å². The summed E-state index contributed by atoms with van der Waals surface area (Å²) in [7, 11) is 0. The van der Waals surface area contributed by atoms with E-state index in [2.05, 4.69) is 10.1 Å². The predicted octanol–water partition coefficient (Wildman–Crippen LogP) is 1.63. The van der Waals surface area contributed by atoms with Gasteiger partial charge in [-0.2, -0.15) is 0 Å². The molecule has 0 amide bonds. The van der Waals surface area contributed by atoms with Crippen molar-refractivity contribution in [3.63, 3.8) is 0 Å². The quantitative estimate of drug-likeness (QED) is 0.715. The number of hydrogen-bond acceptors (Lipinski definition) is 4. The Morgan fingerprint density at radius 3 is 2.85 bits per heavy atom. The highest BCUT2D eigenvalue weighted by molar-refractivity contribution is 5.59. The summed E-state index contributed by atoms with van der Waals surface area (Å²) in [6, 6.07) is 5.46. The van der Waals surface area contributed by atoms with Crippen molar-refractivity contribution in [3.8, 4) is 11.3 Å². The van der Waals surface area contributed by atoms with Crippen LogP contribution >= 0.6 is 0 Å². The van der Waals surface area contributed by atoms with Gasteiger partial charge < -0.3 is 10.3 Å². The fourth-order valence-electron chi connectivity index (χ4n) is 1.12. The van der Waals surface area contributed by atoms with E-state index in [4.69, 9.17) is 10.3 Å². The second-order valence-electron chi connectivity index (χ2n) is 2.80. The van der Waals surface area contributed by atoms with E-state index in [1.165, 1.54) is 0 Å². The molecule has 13 heavy (non-hydrogen) atoms. The van der Waals surface area contributed by atoms with Gasteiger partial charge in [-0.05, 0) is 19.1 Å². The van der Waals surface area contributed by atoms with Crippen LogP contribution in [0.25, 0.3) is 11.3 Å². The Labute approximate surface area is 75.4 Å². The molecule has 0 aromatic carbocycles. The SMILES string of the molecule is Cc1cc(-c2cc(N)no2)ccn1. The van der Waals surface area contributed by atoms with Crippen LogP contribution in [-0.2, 0) is 0 Å². The lowest BCUT2D eigenvalue weighted by Crippen LogP contribution is -1.81. The summed E-state index contributed by atoms with van der Waals surface area (Å²) in [5, 5.41) is 3.61. The van der Waals surface area contributed by atoms with Crippen molar-refractivity contribution >= 4 is 5.82 Å². The van der Waals surface area contributed by atoms with Gasteiger partial charge in [0.25, 0.3) is 0 Å². The summed E-state index contributed by atoms with van der Waals surface area (Å²) in [5.74, 6) is 1.06. The van der Waals surface area contributed by atoms with Gasteiger partial charge in [-0.3, -0.25) is 4.98 Å². The first-order valence-corrected chi connectivity index (χ1v) is 3.91. The normalized spacial score (nSPS) is 10.2. The van der Waals surface area contributed by atoms with E-state index in [-0.39, 0.29) is 0 Å². The Bertz CT molecular complexity index is 422. The van der Waals surface area contributed by atoms with Gasteiger partial charge in [0, 0.05) is 23.5 Å². The molecule has 0 fully saturated rings. The molecular formula is C9H9N3O. The highest BCUT2D eigenvalue weighted by atomic mass is 16.5. The average molecular weight is 175 g/mol. The second-order valence-corrected chi connectivity index (χ2v) is 2.80. The largest absolute Gasteiger partial charge is 0.381 e. The first-order valence-electron chi connectivity index (χ1n) is 3.91. The topological polar surface area (TPSA) is 64.9 Å². The van der Waals surface area contributed by atoms with Gasteiger partial charge >= 0.3 is 0 Å². The molecular weight excluding hydrogens is 166 g/mol. The Balaban J connectivity index is 2.46. The van der Waals surface area contributed by atoms with Crippen LogP contribution in [0.2, 0.25) is 0 Å². The van der Waals surface area contributed by atoms with Crippen LogP contribution in [0.5, 0.6) is 0 Å². The minimum atomic E-state index is 0.393. The Hall–Kier alpha value is -1.84. The van der Waals surface area contributed by atoms with Crippen molar-refractivity contribution < 1.29 is 4.52 Å². The van der Waals surface area contributed by atoms with Crippen LogP contribution in [0.1, 0.15) is 5.69 Å². The maximum absolute atomic E-state index is 5.43. The van der Waals surface area contributed by atoms with Gasteiger partial charge in [0.2, 0.25) is 0 Å². The minimum Gasteiger partial charge on any atom is -0.381 e. The van der Waals surface area contributed by atoms with Gasteiger partial charge in [-0.25, -0.2) is 0 Å². The molecule has 0 bridgehead atoms. The Morgan fingerprint density at radius 1 is 1.38 bits per heavy atom. The molecule has 4 nitrogen and oxygen atoms in total. The lowest BCUT2D eigenvalue weighted by Gasteiger charge is -1.94. The summed E-state index contributed by atoms with van der Waals surface area (Å²) < 4.78 is 5.00. The minimum absolute atomic E-state index is 0.393. The monoisotopic (exact) mass is 175 g/mol. The van der Waals surface area contributed by atoms with E-state index >= 15 is 0 Å². The molecule has 0 atom stereocenters. The number of nitrogens with zero attached hydrogens (tertiary/aromatic N) is 2. The van der Waals surface area contributed by atoms with Gasteiger partial charge in [0.1, 0.15) is 0 Å². The molecule has 0 saturated carbocycles. The predicted molar refractivity (Wildman–Crippen MR) is 48.9 cm³/mol. The maximum Gasteiger partial charge on any atom is 0.169 e. The third-order valence-corrected chi connectivity index (χ3v) is 1.71. The number of rotatable bonds is 1. The third kappa shape index (κ3) is 1.51. The Morgan fingerprint density at radius 2 is 2.23 bits per heavy atom. The lowest BCUT2D eigenvalue weighted by atomic mass is 10.2. The molecule has 0 aliphatic rings. The van der Waals surface area contributed by atoms with E-state index < -0.39 is 0 Å². The number of nitrogens with two attached hydrogens (primary N) is 1. The molecule has 0 radical (unpaired) electrons. The summed E-state index contributed by atoms with van der Waals surface area (Å²) in [6.07, 6.45) is 1.73. The van der Waals surface area contributed by atoms with Crippen LogP contribution < -0.4 is 5.73 Å². The second kappa shape index (κ2) is 2.90. The van der Waals surface area contributed by atoms with Crippen LogP contribution in [0, 0.1) is 6.92 Å². The fraction of sp³-hybridized carbons (Fsp3) is 0.111. The molecule has 2 rings (SSSR count). The lowest BCUT2D eigenvalue weighted by molar-refractivity contribution is 0.436. The van der Waals surface area contributed by atoms with E-state index in [0.717, 1.165) is 11.3 Å². The zero-order chi connectivity index (χ0) is 9.26. The molecule has 0 spiro atoms. The van der Waals surface area contributed by atoms with Gasteiger partial charge in [-0.15, -0.1) is 0 Å². The van der Waals surface area contributed by atoms with E-state index in [0.29, 0.717) is 11.6 Å². The fourth-order valence-corrected chi connectivity index (χ4v) is 1.12. The highest BCUT2D eigenvalue weighted by Crippen LogP contribution is 2.20. The van der Waals surface area contributed by atoms with Crippen LogP contribution in [0.3, 0.4) is 0 Å². The molecule has 4 heteroatoms. The van der Waals surface area contributed by atoms with Crippen LogP contribution in [-0.4, -0.2) is 10.1 Å². The molecule has 0 aliphatic heterocycles. The van der Waals surface area contributed by atoms with Crippen molar-refractivity contribution in [2.75, 3.05) is 5.73 Å². The average Bonchev–Trinajstić information content (AvgIpc) is 2.52. The number of nitrogen functional groups attached to an aromatic ring is 1. The number of hydrogen-bond donors (Lipinski definition) is 1. The molecule has 0 aliphatic carbocycles. The number of pyridine rings is 1. The number of aryl methyl sites for hydroxylation is 1. The standard InChI is InChI=1S/C9H9N3O/c1-6-4-7(2-3-11-6)8-5-9(10)12-13-8/h2-5H,1H3,(H2,10,12). The first kappa shape index (κ1) is 7.79. The molecule has 2 heterocycles. The molecule has 0 saturated heterocycles. The van der Waals surface area contributed by atoms with Crippen LogP contribution in [0.4, 0.5) is 5.82 Å². The molecule has 2 N–H and O–H groups in total. The zero-order valence-corrected chi connectivity index (χ0v) is 7.19. The molecule has 2 aromatic heterocycles. The van der Waals surface area contributed by atoms with Crippen molar-refractivity contribution in [3.05, 3.63) is 30.1 Å². The molecule has 2 aromatic rings. The molecule has 0 unspecified atom stereocenters. The number of aromatic nitrogens is 2. The first-order chi connectivity index (χ1) is 6.25. The smallest absolute Gasteiger partial charge is 0.169 e. The summed E-state index contributed by atoms with van der Waals surface area (Å²) >= 11 is 0. The summed E-state index contributed by atoms with van der Waals surface area (Å²) in [4.78, 5) is 4.08. The maximum atomic E-state index is 5.43. The van der Waals surface area contributed by atoms with Gasteiger partial charge in [0.05, 0.1) is 0 Å². The summed E-state index contributed by atoms with van der Waals surface area (Å²) in [6.45, 7) is 1.92. The third-order valence-electron chi connectivity index (χ3n) is 1.71. The van der Waals surface area contributed by atoms with Gasteiger partial charge in [-0.1, -0.05) is 5.16 Å². The number of anilines is 1. The van der Waals surface area contributed by atoms with Crippen molar-refractivity contribution in [1.82, 2.24) is 10.1 Å². The Kier molecular flexibility index (Phi) is 1.73. The summed E-state index contributed by atoms with van der Waals surface area (Å²) in [5.41, 5.74) is 7.31. The molecule has 66 valence electrons.